The van der Waals surface area contributed by atoms with Crippen molar-refractivity contribution < 1.29 is 9.53 Å². The fourth-order valence-electron chi connectivity index (χ4n) is 1.44. The molecule has 0 aromatic carbocycles. The lowest BCUT2D eigenvalue weighted by Crippen LogP contribution is -2.09. The van der Waals surface area contributed by atoms with E-state index in [9.17, 15) is 4.79 Å². The van der Waals surface area contributed by atoms with Crippen molar-refractivity contribution in [3.63, 3.8) is 0 Å². The van der Waals surface area contributed by atoms with Crippen molar-refractivity contribution in [1.82, 2.24) is 9.97 Å². The number of aryl methyl sites for hydroxylation is 1. The van der Waals surface area contributed by atoms with Crippen molar-refractivity contribution in [2.45, 2.75) is 13.8 Å². The molecule has 0 aliphatic carbocycles. The molecule has 0 unspecified atom stereocenters. The third-order valence-electron chi connectivity index (χ3n) is 2.28. The zero-order chi connectivity index (χ0) is 13.8. The summed E-state index contributed by atoms with van der Waals surface area (Å²) < 4.78 is 4.93. The van der Waals surface area contributed by atoms with Gasteiger partial charge in [0.15, 0.2) is 5.13 Å². The molecule has 0 amide bonds. The molecule has 2 rings (SSSR count). The molecule has 2 aromatic heterocycles. The van der Waals surface area contributed by atoms with E-state index >= 15 is 0 Å². The fourth-order valence-corrected chi connectivity index (χ4v) is 2.14. The summed E-state index contributed by atoms with van der Waals surface area (Å²) in [5.74, 6) is 0.0485. The molecule has 0 saturated carbocycles. The average Bonchev–Trinajstić information content (AvgIpc) is 2.77. The van der Waals surface area contributed by atoms with Gasteiger partial charge in [0.25, 0.3) is 0 Å². The van der Waals surface area contributed by atoms with E-state index in [0.29, 0.717) is 28.8 Å². The topological polar surface area (TPSA) is 90.1 Å². The summed E-state index contributed by atoms with van der Waals surface area (Å²) in [6.07, 6.45) is 1.43. The molecular weight excluding hydrogens is 264 g/mol. The third-order valence-corrected chi connectivity index (χ3v) is 3.16. The molecular formula is C12H14N4O2S. The molecule has 2 aromatic rings. The Bertz CT molecular complexity index is 597. The highest BCUT2D eigenvalue weighted by Crippen LogP contribution is 2.22. The molecule has 0 atom stereocenters. The van der Waals surface area contributed by atoms with Crippen LogP contribution in [0.3, 0.4) is 0 Å². The van der Waals surface area contributed by atoms with Gasteiger partial charge in [0.05, 0.1) is 29.7 Å². The molecule has 6 nitrogen and oxygen atoms in total. The summed E-state index contributed by atoms with van der Waals surface area (Å²) in [7, 11) is 0. The lowest BCUT2D eigenvalue weighted by atomic mass is 10.2. The second kappa shape index (κ2) is 5.66. The summed E-state index contributed by atoms with van der Waals surface area (Å²) in [4.78, 5) is 20.1. The van der Waals surface area contributed by atoms with Gasteiger partial charge in [-0.25, -0.2) is 14.8 Å². The average molecular weight is 278 g/mol. The predicted octanol–water partition coefficient (Wildman–Crippen LogP) is 2.35. The van der Waals surface area contributed by atoms with Gasteiger partial charge >= 0.3 is 5.97 Å². The maximum Gasteiger partial charge on any atom is 0.340 e. The minimum absolute atomic E-state index is 0.291. The minimum atomic E-state index is -0.458. The van der Waals surface area contributed by atoms with Crippen LogP contribution in [0.5, 0.6) is 0 Å². The Balaban J connectivity index is 2.23. The highest BCUT2D eigenvalue weighted by Gasteiger charge is 2.13. The Morgan fingerprint density at radius 3 is 3.00 bits per heavy atom. The van der Waals surface area contributed by atoms with Crippen molar-refractivity contribution in [2.24, 2.45) is 0 Å². The Hall–Kier alpha value is -2.15. The lowest BCUT2D eigenvalue weighted by molar-refractivity contribution is 0.0527. The maximum atomic E-state index is 11.7. The highest BCUT2D eigenvalue weighted by atomic mass is 32.1. The summed E-state index contributed by atoms with van der Waals surface area (Å²) in [5.41, 5.74) is 7.23. The monoisotopic (exact) mass is 278 g/mol. The first-order valence-corrected chi connectivity index (χ1v) is 6.60. The van der Waals surface area contributed by atoms with Crippen molar-refractivity contribution in [2.75, 3.05) is 17.7 Å². The van der Waals surface area contributed by atoms with Gasteiger partial charge in [0.2, 0.25) is 0 Å². The van der Waals surface area contributed by atoms with E-state index in [1.54, 1.807) is 13.0 Å². The second-order valence-electron chi connectivity index (χ2n) is 3.80. The summed E-state index contributed by atoms with van der Waals surface area (Å²) in [5, 5.41) is 5.66. The Labute approximate surface area is 114 Å². The van der Waals surface area contributed by atoms with Crippen LogP contribution in [0.2, 0.25) is 0 Å². The second-order valence-corrected chi connectivity index (χ2v) is 4.65. The van der Waals surface area contributed by atoms with Gasteiger partial charge in [-0.05, 0) is 19.9 Å². The number of nitrogens with one attached hydrogen (secondary N) is 1. The van der Waals surface area contributed by atoms with Gasteiger partial charge in [-0.1, -0.05) is 0 Å². The normalized spacial score (nSPS) is 10.2. The van der Waals surface area contributed by atoms with E-state index in [0.717, 1.165) is 5.69 Å². The number of hydrogen-bond acceptors (Lipinski definition) is 7. The quantitative estimate of drug-likeness (QED) is 0.834. The predicted molar refractivity (Wildman–Crippen MR) is 74.7 cm³/mol. The van der Waals surface area contributed by atoms with Crippen LogP contribution in [0, 0.1) is 6.92 Å². The van der Waals surface area contributed by atoms with Gasteiger partial charge in [0.1, 0.15) is 5.82 Å². The first kappa shape index (κ1) is 13.3. The molecule has 0 fully saturated rings. The molecule has 0 aliphatic rings. The first-order valence-electron chi connectivity index (χ1n) is 5.72. The highest BCUT2D eigenvalue weighted by molar-refractivity contribution is 7.13. The van der Waals surface area contributed by atoms with Crippen LogP contribution < -0.4 is 11.1 Å². The van der Waals surface area contributed by atoms with Crippen LogP contribution in [-0.2, 0) is 4.74 Å². The smallest absolute Gasteiger partial charge is 0.340 e. The number of carbonyl (C=O) groups is 1. The Morgan fingerprint density at radius 2 is 2.37 bits per heavy atom. The molecule has 7 heteroatoms. The zero-order valence-electron chi connectivity index (χ0n) is 10.6. The van der Waals surface area contributed by atoms with E-state index in [4.69, 9.17) is 10.5 Å². The number of rotatable bonds is 4. The molecule has 0 spiro atoms. The van der Waals surface area contributed by atoms with Crippen LogP contribution in [-0.4, -0.2) is 22.5 Å². The summed E-state index contributed by atoms with van der Waals surface area (Å²) >= 11 is 1.46. The number of esters is 1. The number of ether oxygens (including phenoxy) is 1. The van der Waals surface area contributed by atoms with Crippen LogP contribution in [0.4, 0.5) is 16.6 Å². The lowest BCUT2D eigenvalue weighted by Gasteiger charge is -2.07. The number of nitrogens with two attached hydrogens (primary N) is 1. The van der Waals surface area contributed by atoms with Crippen molar-refractivity contribution in [1.29, 1.82) is 0 Å². The van der Waals surface area contributed by atoms with Gasteiger partial charge < -0.3 is 15.8 Å². The Kier molecular flexibility index (Phi) is 3.96. The number of aromatic nitrogens is 2. The molecule has 0 saturated heterocycles. The number of nitrogen functional groups attached to an aromatic ring is 1. The van der Waals surface area contributed by atoms with E-state index in [1.807, 2.05) is 12.3 Å². The number of nitrogens with zero attached hydrogens (tertiary/aromatic N) is 2. The maximum absolute atomic E-state index is 11.7. The molecule has 19 heavy (non-hydrogen) atoms. The molecule has 3 N–H and O–H groups in total. The SMILES string of the molecule is CCOC(=O)c1cc(Nc2nc(C)cs2)ncc1N. The molecule has 0 aliphatic heterocycles. The number of carbonyl (C=O) groups excluding carboxylic acids is 1. The minimum Gasteiger partial charge on any atom is -0.462 e. The fraction of sp³-hybridized carbons (Fsp3) is 0.250. The molecule has 0 bridgehead atoms. The largest absolute Gasteiger partial charge is 0.462 e. The molecule has 2 heterocycles. The zero-order valence-corrected chi connectivity index (χ0v) is 11.5. The number of hydrogen-bond donors (Lipinski definition) is 2. The van der Waals surface area contributed by atoms with Crippen molar-refractivity contribution in [3.8, 4) is 0 Å². The standard InChI is InChI=1S/C12H14N4O2S/c1-3-18-11(17)8-4-10(14-5-9(8)13)16-12-15-7(2)6-19-12/h4-6H,3,13H2,1-2H3,(H,14,15,16). The van der Waals surface area contributed by atoms with E-state index in [2.05, 4.69) is 15.3 Å². The van der Waals surface area contributed by atoms with Gasteiger partial charge in [-0.3, -0.25) is 0 Å². The number of thiazole rings is 1. The number of pyridine rings is 1. The van der Waals surface area contributed by atoms with Crippen LogP contribution in [0.15, 0.2) is 17.6 Å². The molecule has 100 valence electrons. The van der Waals surface area contributed by atoms with E-state index in [1.165, 1.54) is 17.5 Å². The van der Waals surface area contributed by atoms with Crippen LogP contribution in [0.25, 0.3) is 0 Å². The van der Waals surface area contributed by atoms with Crippen molar-refractivity contribution in [3.05, 3.63) is 28.9 Å². The number of anilines is 3. The van der Waals surface area contributed by atoms with Crippen LogP contribution in [0.1, 0.15) is 23.0 Å². The molecule has 0 radical (unpaired) electrons. The van der Waals surface area contributed by atoms with Crippen molar-refractivity contribution >= 4 is 33.9 Å². The van der Waals surface area contributed by atoms with Gasteiger partial charge in [-0.2, -0.15) is 0 Å². The van der Waals surface area contributed by atoms with E-state index < -0.39 is 5.97 Å². The van der Waals surface area contributed by atoms with E-state index in [-0.39, 0.29) is 0 Å². The third kappa shape index (κ3) is 3.19. The first-order chi connectivity index (χ1) is 9.10. The summed E-state index contributed by atoms with van der Waals surface area (Å²) in [6.45, 7) is 3.95. The van der Waals surface area contributed by atoms with Gasteiger partial charge in [-0.15, -0.1) is 11.3 Å². The Morgan fingerprint density at radius 1 is 1.58 bits per heavy atom. The van der Waals surface area contributed by atoms with Gasteiger partial charge in [0, 0.05) is 5.38 Å². The summed E-state index contributed by atoms with van der Waals surface area (Å²) in [6, 6.07) is 1.56. The van der Waals surface area contributed by atoms with Crippen LogP contribution >= 0.6 is 11.3 Å².